The number of halogens is 2. The molecular formula is C24H21Cl2N3O3S. The minimum Gasteiger partial charge on any atom is -0.486 e. The number of carbonyl (C=O) groups is 1. The van der Waals surface area contributed by atoms with Gasteiger partial charge in [0.15, 0.2) is 0 Å². The van der Waals surface area contributed by atoms with E-state index in [0.29, 0.717) is 34.4 Å². The molecule has 4 rings (SSSR count). The van der Waals surface area contributed by atoms with Crippen LogP contribution in [0.1, 0.15) is 26.8 Å². The molecule has 0 aliphatic heterocycles. The standard InChI is InChI=1S/C24H21Cl2N3O3S/c1-3-6-27-24(30)20-11-22(29(15(20)2)12-18-5-4-7-31-18)21-14-33-23(28-21)13-32-19-9-16(25)8-17(26)10-19/h3-5,7-11,14H,1,6,12-13H2,2H3,(H,27,30). The summed E-state index contributed by atoms with van der Waals surface area (Å²) in [5, 5.41) is 6.58. The largest absolute Gasteiger partial charge is 0.486 e. The molecule has 33 heavy (non-hydrogen) atoms. The summed E-state index contributed by atoms with van der Waals surface area (Å²) >= 11 is 13.6. The molecule has 4 aromatic rings. The Morgan fingerprint density at radius 1 is 1.30 bits per heavy atom. The molecule has 0 unspecified atom stereocenters. The topological polar surface area (TPSA) is 69.3 Å². The molecule has 0 atom stereocenters. The van der Waals surface area contributed by atoms with E-state index in [4.69, 9.17) is 37.3 Å². The molecule has 9 heteroatoms. The van der Waals surface area contributed by atoms with Gasteiger partial charge in [0.25, 0.3) is 5.91 Å². The van der Waals surface area contributed by atoms with E-state index in [0.717, 1.165) is 27.8 Å². The number of benzene rings is 1. The van der Waals surface area contributed by atoms with Gasteiger partial charge in [0.1, 0.15) is 23.1 Å². The molecule has 0 saturated heterocycles. The maximum Gasteiger partial charge on any atom is 0.253 e. The Morgan fingerprint density at radius 2 is 2.09 bits per heavy atom. The van der Waals surface area contributed by atoms with Gasteiger partial charge in [-0.2, -0.15) is 0 Å². The van der Waals surface area contributed by atoms with Crippen molar-refractivity contribution in [2.45, 2.75) is 20.1 Å². The van der Waals surface area contributed by atoms with Crippen LogP contribution < -0.4 is 10.1 Å². The second-order valence-corrected chi connectivity index (χ2v) is 9.03. The minimum absolute atomic E-state index is 0.163. The molecule has 0 radical (unpaired) electrons. The van der Waals surface area contributed by atoms with Gasteiger partial charge in [0.05, 0.1) is 29.8 Å². The van der Waals surface area contributed by atoms with Crippen molar-refractivity contribution in [2.75, 3.05) is 6.54 Å². The number of rotatable bonds is 9. The van der Waals surface area contributed by atoms with Gasteiger partial charge in [-0.3, -0.25) is 4.79 Å². The first-order valence-corrected chi connectivity index (χ1v) is 11.7. The highest BCUT2D eigenvalue weighted by Gasteiger charge is 2.20. The lowest BCUT2D eigenvalue weighted by Crippen LogP contribution is -2.23. The van der Waals surface area contributed by atoms with Crippen LogP contribution in [0.4, 0.5) is 0 Å². The highest BCUT2D eigenvalue weighted by molar-refractivity contribution is 7.09. The normalized spacial score (nSPS) is 10.9. The van der Waals surface area contributed by atoms with E-state index in [2.05, 4.69) is 11.9 Å². The summed E-state index contributed by atoms with van der Waals surface area (Å²) in [6.07, 6.45) is 3.28. The van der Waals surface area contributed by atoms with E-state index in [-0.39, 0.29) is 12.5 Å². The molecule has 0 bridgehead atoms. The monoisotopic (exact) mass is 501 g/mol. The van der Waals surface area contributed by atoms with Crippen LogP contribution in [-0.4, -0.2) is 22.0 Å². The Morgan fingerprint density at radius 3 is 2.79 bits per heavy atom. The first-order valence-electron chi connectivity index (χ1n) is 10.1. The second-order valence-electron chi connectivity index (χ2n) is 7.21. The van der Waals surface area contributed by atoms with Gasteiger partial charge in [0.2, 0.25) is 0 Å². The maximum absolute atomic E-state index is 12.7. The Bertz CT molecular complexity index is 1260. The van der Waals surface area contributed by atoms with Crippen LogP contribution in [-0.2, 0) is 13.2 Å². The van der Waals surface area contributed by atoms with Gasteiger partial charge in [-0.25, -0.2) is 4.98 Å². The molecule has 1 N–H and O–H groups in total. The fourth-order valence-corrected chi connectivity index (χ4v) is 4.57. The zero-order valence-corrected chi connectivity index (χ0v) is 20.1. The summed E-state index contributed by atoms with van der Waals surface area (Å²) in [5.74, 6) is 1.19. The van der Waals surface area contributed by atoms with Crippen LogP contribution in [0.5, 0.6) is 5.75 Å². The Hall–Kier alpha value is -3.00. The number of aromatic nitrogens is 2. The van der Waals surface area contributed by atoms with Crippen molar-refractivity contribution < 1.29 is 13.9 Å². The van der Waals surface area contributed by atoms with E-state index in [1.54, 1.807) is 30.5 Å². The van der Waals surface area contributed by atoms with Crippen LogP contribution in [0.15, 0.2) is 65.1 Å². The quantitative estimate of drug-likeness (QED) is 0.270. The van der Waals surface area contributed by atoms with Crippen LogP contribution in [0.2, 0.25) is 10.0 Å². The molecule has 6 nitrogen and oxygen atoms in total. The zero-order chi connectivity index (χ0) is 23.4. The number of nitrogens with zero attached hydrogens (tertiary/aromatic N) is 2. The van der Waals surface area contributed by atoms with Crippen molar-refractivity contribution in [3.63, 3.8) is 0 Å². The SMILES string of the molecule is C=CCNC(=O)c1cc(-c2csc(COc3cc(Cl)cc(Cl)c3)n2)n(Cc2ccco2)c1C. The predicted molar refractivity (Wildman–Crippen MR) is 131 cm³/mol. The van der Waals surface area contributed by atoms with Gasteiger partial charge >= 0.3 is 0 Å². The number of nitrogens with one attached hydrogen (secondary N) is 1. The number of ether oxygens (including phenoxy) is 1. The van der Waals surface area contributed by atoms with Crippen LogP contribution in [0, 0.1) is 6.92 Å². The fraction of sp³-hybridized carbons (Fsp3) is 0.167. The van der Waals surface area contributed by atoms with E-state index in [9.17, 15) is 4.79 Å². The molecule has 0 saturated carbocycles. The molecule has 3 heterocycles. The molecule has 0 aliphatic rings. The van der Waals surface area contributed by atoms with Crippen molar-refractivity contribution in [3.05, 3.63) is 92.8 Å². The number of thiazole rings is 1. The summed E-state index contributed by atoms with van der Waals surface area (Å²) < 4.78 is 13.4. The third-order valence-corrected chi connectivity index (χ3v) is 6.18. The lowest BCUT2D eigenvalue weighted by molar-refractivity contribution is 0.0957. The van der Waals surface area contributed by atoms with E-state index in [1.165, 1.54) is 11.3 Å². The van der Waals surface area contributed by atoms with E-state index in [1.807, 2.05) is 35.1 Å². The summed E-state index contributed by atoms with van der Waals surface area (Å²) in [5.41, 5.74) is 2.97. The maximum atomic E-state index is 12.7. The summed E-state index contributed by atoms with van der Waals surface area (Å²) in [6, 6.07) is 10.6. The average molecular weight is 502 g/mol. The first-order chi connectivity index (χ1) is 15.9. The third-order valence-electron chi connectivity index (χ3n) is 4.92. The number of hydrogen-bond acceptors (Lipinski definition) is 5. The van der Waals surface area contributed by atoms with Gasteiger partial charge in [-0.15, -0.1) is 17.9 Å². The molecule has 1 amide bonds. The smallest absolute Gasteiger partial charge is 0.253 e. The van der Waals surface area contributed by atoms with Crippen molar-refractivity contribution in [1.29, 1.82) is 0 Å². The molecule has 0 spiro atoms. The molecule has 0 aliphatic carbocycles. The first kappa shape index (κ1) is 23.2. The van der Waals surface area contributed by atoms with E-state index < -0.39 is 0 Å². The van der Waals surface area contributed by atoms with Crippen molar-refractivity contribution in [3.8, 4) is 17.1 Å². The lowest BCUT2D eigenvalue weighted by atomic mass is 10.2. The van der Waals surface area contributed by atoms with Crippen molar-refractivity contribution >= 4 is 40.4 Å². The van der Waals surface area contributed by atoms with Crippen LogP contribution in [0.25, 0.3) is 11.4 Å². The predicted octanol–water partition coefficient (Wildman–Crippen LogP) is 6.36. The Labute approximate surface area is 205 Å². The number of amides is 1. The van der Waals surface area contributed by atoms with Gasteiger partial charge in [0, 0.05) is 27.7 Å². The third kappa shape index (κ3) is 5.50. The number of hydrogen-bond donors (Lipinski definition) is 1. The van der Waals surface area contributed by atoms with Crippen LogP contribution >= 0.6 is 34.5 Å². The number of carbonyl (C=O) groups excluding carboxylic acids is 1. The highest BCUT2D eigenvalue weighted by Crippen LogP contribution is 2.30. The van der Waals surface area contributed by atoms with Gasteiger partial charge < -0.3 is 19.0 Å². The van der Waals surface area contributed by atoms with Gasteiger partial charge in [-0.1, -0.05) is 29.3 Å². The number of furan rings is 1. The Kier molecular flexibility index (Phi) is 7.23. The summed E-state index contributed by atoms with van der Waals surface area (Å²) in [6.45, 7) is 6.71. The highest BCUT2D eigenvalue weighted by atomic mass is 35.5. The lowest BCUT2D eigenvalue weighted by Gasteiger charge is -2.09. The Balaban J connectivity index is 1.61. The van der Waals surface area contributed by atoms with Crippen molar-refractivity contribution in [2.24, 2.45) is 0 Å². The van der Waals surface area contributed by atoms with Gasteiger partial charge in [-0.05, 0) is 43.3 Å². The molecule has 1 aromatic carbocycles. The molecular weight excluding hydrogens is 481 g/mol. The van der Waals surface area contributed by atoms with Crippen molar-refractivity contribution in [1.82, 2.24) is 14.9 Å². The molecule has 3 aromatic heterocycles. The average Bonchev–Trinajstić information content (AvgIpc) is 3.52. The van der Waals surface area contributed by atoms with E-state index >= 15 is 0 Å². The molecule has 0 fully saturated rings. The zero-order valence-electron chi connectivity index (χ0n) is 17.8. The minimum atomic E-state index is -0.163. The van der Waals surface area contributed by atoms with Crippen LogP contribution in [0.3, 0.4) is 0 Å². The molecule has 170 valence electrons. The fourth-order valence-electron chi connectivity index (χ4n) is 3.36. The summed E-state index contributed by atoms with van der Waals surface area (Å²) in [7, 11) is 0. The second kappa shape index (κ2) is 10.3. The summed E-state index contributed by atoms with van der Waals surface area (Å²) in [4.78, 5) is 17.4.